The first kappa shape index (κ1) is 26.1. The number of sulfonamides is 1. The van der Waals surface area contributed by atoms with Gasteiger partial charge in [-0.2, -0.15) is 0 Å². The number of nitrogens with one attached hydrogen (secondary N) is 1. The second-order valence-corrected chi connectivity index (χ2v) is 9.61. The highest BCUT2D eigenvalue weighted by Crippen LogP contribution is 2.32. The molecule has 0 atom stereocenters. The maximum absolute atomic E-state index is 13.6. The minimum Gasteiger partial charge on any atom is -0.493 e. The van der Waals surface area contributed by atoms with Crippen LogP contribution in [0.1, 0.15) is 11.1 Å². The molecule has 186 valence electrons. The van der Waals surface area contributed by atoms with Crippen molar-refractivity contribution in [2.24, 2.45) is 0 Å². The quantitative estimate of drug-likeness (QED) is 0.384. The highest BCUT2D eigenvalue weighted by Gasteiger charge is 2.28. The molecule has 0 bridgehead atoms. The molecule has 0 aliphatic carbocycles. The predicted octanol–water partition coefficient (Wildman–Crippen LogP) is 3.54. The molecule has 8 nitrogen and oxygen atoms in total. The Morgan fingerprint density at radius 1 is 0.914 bits per heavy atom. The summed E-state index contributed by atoms with van der Waals surface area (Å²) in [5, 5.41) is 2.73. The van der Waals surface area contributed by atoms with Gasteiger partial charge in [0.05, 0.1) is 38.0 Å². The summed E-state index contributed by atoms with van der Waals surface area (Å²) in [6.07, 6.45) is 0. The maximum atomic E-state index is 13.6. The standard InChI is InChI=1S/C26H30N2O6S/c1-20-9-11-22(12-10-20)28(35(30,31)23-13-14-24(32-2)25(17-23)33-3)18-26(29)27-15-16-34-19-21-7-5-4-6-8-21/h4-14,17H,15-16,18-19H2,1-3H3,(H,27,29). The first-order chi connectivity index (χ1) is 16.8. The number of carbonyl (C=O) groups excluding carboxylic acids is 1. The van der Waals surface area contributed by atoms with E-state index in [1.807, 2.05) is 37.3 Å². The lowest BCUT2D eigenvalue weighted by molar-refractivity contribution is -0.119. The molecular formula is C26H30N2O6S. The van der Waals surface area contributed by atoms with E-state index in [1.54, 1.807) is 24.3 Å². The van der Waals surface area contributed by atoms with E-state index >= 15 is 0 Å². The molecule has 0 saturated carbocycles. The zero-order valence-electron chi connectivity index (χ0n) is 20.1. The summed E-state index contributed by atoms with van der Waals surface area (Å²) < 4.78 is 44.3. The Hall–Kier alpha value is -3.56. The monoisotopic (exact) mass is 498 g/mol. The number of rotatable bonds is 12. The van der Waals surface area contributed by atoms with Gasteiger partial charge in [-0.1, -0.05) is 48.0 Å². The average molecular weight is 499 g/mol. The highest BCUT2D eigenvalue weighted by molar-refractivity contribution is 7.92. The van der Waals surface area contributed by atoms with E-state index in [1.165, 1.54) is 32.4 Å². The van der Waals surface area contributed by atoms with Crippen molar-refractivity contribution in [2.45, 2.75) is 18.4 Å². The molecule has 0 aromatic heterocycles. The van der Waals surface area contributed by atoms with Crippen molar-refractivity contribution in [3.05, 3.63) is 83.9 Å². The number of hydrogen-bond acceptors (Lipinski definition) is 6. The number of ether oxygens (including phenoxy) is 3. The topological polar surface area (TPSA) is 94.2 Å². The van der Waals surface area contributed by atoms with Crippen LogP contribution in [0.3, 0.4) is 0 Å². The Morgan fingerprint density at radius 3 is 2.26 bits per heavy atom. The largest absolute Gasteiger partial charge is 0.493 e. The molecule has 0 aliphatic rings. The molecule has 0 aliphatic heterocycles. The fourth-order valence-corrected chi connectivity index (χ4v) is 4.78. The Labute approximate surface area is 206 Å². The van der Waals surface area contributed by atoms with Crippen molar-refractivity contribution >= 4 is 21.6 Å². The van der Waals surface area contributed by atoms with Gasteiger partial charge in [0.1, 0.15) is 6.54 Å². The summed E-state index contributed by atoms with van der Waals surface area (Å²) in [6.45, 7) is 2.49. The Bertz CT molecular complexity index is 1210. The summed E-state index contributed by atoms with van der Waals surface area (Å²) in [7, 11) is -1.18. The van der Waals surface area contributed by atoms with Gasteiger partial charge < -0.3 is 19.5 Å². The summed E-state index contributed by atoms with van der Waals surface area (Å²) >= 11 is 0. The average Bonchev–Trinajstić information content (AvgIpc) is 2.87. The van der Waals surface area contributed by atoms with Gasteiger partial charge in [0.15, 0.2) is 11.5 Å². The lowest BCUT2D eigenvalue weighted by Gasteiger charge is -2.24. The van der Waals surface area contributed by atoms with Crippen molar-refractivity contribution < 1.29 is 27.4 Å². The van der Waals surface area contributed by atoms with Crippen molar-refractivity contribution in [3.63, 3.8) is 0 Å². The maximum Gasteiger partial charge on any atom is 0.264 e. The number of hydrogen-bond donors (Lipinski definition) is 1. The van der Waals surface area contributed by atoms with Crippen LogP contribution in [0, 0.1) is 6.92 Å². The number of aryl methyl sites for hydroxylation is 1. The fraction of sp³-hybridized carbons (Fsp3) is 0.269. The molecule has 0 unspecified atom stereocenters. The molecule has 0 radical (unpaired) electrons. The molecule has 3 aromatic rings. The number of methoxy groups -OCH3 is 2. The number of benzene rings is 3. The summed E-state index contributed by atoms with van der Waals surface area (Å²) in [5.74, 6) is 0.233. The van der Waals surface area contributed by atoms with Crippen LogP contribution in [0.15, 0.2) is 77.7 Å². The van der Waals surface area contributed by atoms with Crippen LogP contribution in [0.25, 0.3) is 0 Å². The van der Waals surface area contributed by atoms with E-state index in [4.69, 9.17) is 14.2 Å². The molecular weight excluding hydrogens is 468 g/mol. The molecule has 0 spiro atoms. The van der Waals surface area contributed by atoms with Gasteiger partial charge in [-0.3, -0.25) is 9.10 Å². The van der Waals surface area contributed by atoms with Crippen molar-refractivity contribution in [1.29, 1.82) is 0 Å². The van der Waals surface area contributed by atoms with E-state index < -0.39 is 22.5 Å². The van der Waals surface area contributed by atoms with Crippen LogP contribution < -0.4 is 19.1 Å². The van der Waals surface area contributed by atoms with Crippen molar-refractivity contribution in [2.75, 3.05) is 38.2 Å². The second-order valence-electron chi connectivity index (χ2n) is 7.75. The van der Waals surface area contributed by atoms with Crippen LogP contribution in [0.4, 0.5) is 5.69 Å². The molecule has 3 aromatic carbocycles. The summed E-state index contributed by atoms with van der Waals surface area (Å²) in [4.78, 5) is 12.7. The Morgan fingerprint density at radius 2 is 1.60 bits per heavy atom. The lowest BCUT2D eigenvalue weighted by Crippen LogP contribution is -2.41. The van der Waals surface area contributed by atoms with E-state index in [0.717, 1.165) is 15.4 Å². The molecule has 1 N–H and O–H groups in total. The van der Waals surface area contributed by atoms with Crippen molar-refractivity contribution in [1.82, 2.24) is 5.32 Å². The van der Waals surface area contributed by atoms with Gasteiger partial charge >= 0.3 is 0 Å². The number of amides is 1. The third-order valence-corrected chi connectivity index (χ3v) is 7.00. The van der Waals surface area contributed by atoms with E-state index in [9.17, 15) is 13.2 Å². The van der Waals surface area contributed by atoms with Crippen LogP contribution in [-0.2, 0) is 26.2 Å². The Balaban J connectivity index is 1.72. The fourth-order valence-electron chi connectivity index (χ4n) is 3.34. The minimum atomic E-state index is -4.09. The van der Waals surface area contributed by atoms with Gasteiger partial charge in [-0.15, -0.1) is 0 Å². The molecule has 35 heavy (non-hydrogen) atoms. The zero-order chi connectivity index (χ0) is 25.3. The van der Waals surface area contributed by atoms with Gasteiger partial charge in [0.2, 0.25) is 5.91 Å². The van der Waals surface area contributed by atoms with Crippen LogP contribution in [-0.4, -0.2) is 48.2 Å². The zero-order valence-corrected chi connectivity index (χ0v) is 20.9. The molecule has 0 fully saturated rings. The van der Waals surface area contributed by atoms with E-state index in [0.29, 0.717) is 24.7 Å². The second kappa shape index (κ2) is 12.2. The molecule has 3 rings (SSSR count). The SMILES string of the molecule is COc1ccc(S(=O)(=O)N(CC(=O)NCCOCc2ccccc2)c2ccc(C)cc2)cc1OC. The van der Waals surface area contributed by atoms with E-state index in [-0.39, 0.29) is 17.2 Å². The number of anilines is 1. The smallest absolute Gasteiger partial charge is 0.264 e. The number of nitrogens with zero attached hydrogens (tertiary/aromatic N) is 1. The minimum absolute atomic E-state index is 0.0188. The molecule has 9 heteroatoms. The third kappa shape index (κ3) is 6.97. The molecule has 1 amide bonds. The van der Waals surface area contributed by atoms with Gasteiger partial charge in [-0.25, -0.2) is 8.42 Å². The van der Waals surface area contributed by atoms with Crippen LogP contribution in [0.2, 0.25) is 0 Å². The Kier molecular flexibility index (Phi) is 9.11. The summed E-state index contributed by atoms with van der Waals surface area (Å²) in [5.41, 5.74) is 2.38. The van der Waals surface area contributed by atoms with E-state index in [2.05, 4.69) is 5.32 Å². The van der Waals surface area contributed by atoms with Gasteiger partial charge in [-0.05, 0) is 36.8 Å². The van der Waals surface area contributed by atoms with Gasteiger partial charge in [0.25, 0.3) is 10.0 Å². The highest BCUT2D eigenvalue weighted by atomic mass is 32.2. The molecule has 0 saturated heterocycles. The predicted molar refractivity (Wildman–Crippen MR) is 134 cm³/mol. The first-order valence-corrected chi connectivity index (χ1v) is 12.5. The first-order valence-electron chi connectivity index (χ1n) is 11.0. The normalized spacial score (nSPS) is 11.1. The lowest BCUT2D eigenvalue weighted by atomic mass is 10.2. The van der Waals surface area contributed by atoms with Crippen LogP contribution in [0.5, 0.6) is 11.5 Å². The van der Waals surface area contributed by atoms with Crippen molar-refractivity contribution in [3.8, 4) is 11.5 Å². The summed E-state index contributed by atoms with van der Waals surface area (Å²) in [6, 6.07) is 20.9. The number of carbonyl (C=O) groups is 1. The van der Waals surface area contributed by atoms with Crippen LogP contribution >= 0.6 is 0 Å². The molecule has 0 heterocycles. The third-order valence-electron chi connectivity index (χ3n) is 5.23. The van der Waals surface area contributed by atoms with Gasteiger partial charge in [0, 0.05) is 12.6 Å².